The molecule has 0 radical (unpaired) electrons. The number of cyclic esters (lactones) is 1. The molecule has 1 heterocycles. The van der Waals surface area contributed by atoms with Crippen LogP contribution in [0, 0.1) is 17.8 Å². The van der Waals surface area contributed by atoms with Crippen molar-refractivity contribution in [2.75, 3.05) is 13.2 Å². The Morgan fingerprint density at radius 1 is 1.25 bits per heavy atom. The zero-order chi connectivity index (χ0) is 14.1. The quantitative estimate of drug-likeness (QED) is 0.692. The van der Waals surface area contributed by atoms with Gasteiger partial charge in [0.15, 0.2) is 0 Å². The average molecular weight is 277 g/mol. The molecule has 3 fully saturated rings. The first kappa shape index (κ1) is 13.7. The summed E-state index contributed by atoms with van der Waals surface area (Å²) in [5, 5.41) is 0. The second kappa shape index (κ2) is 5.58. The second-order valence-electron chi connectivity index (χ2n) is 6.48. The minimum Gasteiger partial charge on any atom is -0.447 e. The third-order valence-electron chi connectivity index (χ3n) is 5.18. The lowest BCUT2D eigenvalue weighted by Gasteiger charge is -2.30. The van der Waals surface area contributed by atoms with Crippen LogP contribution in [0.2, 0.25) is 0 Å². The lowest BCUT2D eigenvalue weighted by atomic mass is 9.77. The smallest absolute Gasteiger partial charge is 0.416 e. The van der Waals surface area contributed by atoms with E-state index in [0.29, 0.717) is 19.1 Å². The molecule has 0 unspecified atom stereocenters. The number of carbonyl (C=O) groups excluding carboxylic acids is 2. The molecule has 2 saturated carbocycles. The molecule has 0 aromatic heterocycles. The lowest BCUT2D eigenvalue weighted by Crippen LogP contribution is -2.38. The van der Waals surface area contributed by atoms with Crippen molar-refractivity contribution in [2.45, 2.75) is 44.9 Å². The van der Waals surface area contributed by atoms with Crippen molar-refractivity contribution < 1.29 is 14.3 Å². The minimum atomic E-state index is -0.467. The number of carbonyl (C=O) groups is 2. The van der Waals surface area contributed by atoms with E-state index in [1.807, 2.05) is 0 Å². The highest BCUT2D eigenvalue weighted by molar-refractivity contribution is 5.94. The van der Waals surface area contributed by atoms with Gasteiger partial charge in [0.2, 0.25) is 5.91 Å². The largest absolute Gasteiger partial charge is 0.447 e. The van der Waals surface area contributed by atoms with E-state index in [2.05, 4.69) is 6.58 Å². The van der Waals surface area contributed by atoms with Crippen molar-refractivity contribution in [2.24, 2.45) is 17.8 Å². The zero-order valence-corrected chi connectivity index (χ0v) is 12.0. The molecule has 4 nitrogen and oxygen atoms in total. The summed E-state index contributed by atoms with van der Waals surface area (Å²) >= 11 is 0. The van der Waals surface area contributed by atoms with Crippen molar-refractivity contribution in [1.82, 2.24) is 4.90 Å². The molecule has 0 aromatic rings. The third kappa shape index (κ3) is 2.60. The predicted octanol–water partition coefficient (Wildman–Crippen LogP) is 3.13. The topological polar surface area (TPSA) is 46.6 Å². The molecule has 3 aliphatic rings. The van der Waals surface area contributed by atoms with E-state index in [1.165, 1.54) is 36.2 Å². The van der Waals surface area contributed by atoms with Crippen LogP contribution in [0.25, 0.3) is 0 Å². The molecule has 0 spiro atoms. The second-order valence-corrected chi connectivity index (χ2v) is 6.48. The molecule has 20 heavy (non-hydrogen) atoms. The van der Waals surface area contributed by atoms with Gasteiger partial charge in [-0.25, -0.2) is 9.69 Å². The number of hydrogen-bond donors (Lipinski definition) is 0. The molecule has 4 heteroatoms. The van der Waals surface area contributed by atoms with E-state index in [4.69, 9.17) is 4.74 Å². The molecule has 1 aliphatic heterocycles. The Morgan fingerprint density at radius 2 is 2.05 bits per heavy atom. The Bertz CT molecular complexity index is 431. The molecule has 2 aliphatic carbocycles. The standard InChI is InChI=1S/C16H23NO3/c1-11-5-6-12-3-2-4-13(12)10-14(9-11)15(18)17-7-8-20-16(17)19/h12-14H,1-10H2/t12-,13-,14-/m1/s1. The molecule has 3 rings (SSSR count). The normalized spacial score (nSPS) is 34.4. The van der Waals surface area contributed by atoms with Gasteiger partial charge in [-0.1, -0.05) is 31.4 Å². The van der Waals surface area contributed by atoms with Gasteiger partial charge in [-0.05, 0) is 37.5 Å². The van der Waals surface area contributed by atoms with E-state index >= 15 is 0 Å². The van der Waals surface area contributed by atoms with E-state index in [0.717, 1.165) is 25.2 Å². The van der Waals surface area contributed by atoms with Gasteiger partial charge in [-0.15, -0.1) is 0 Å². The first-order chi connectivity index (χ1) is 9.65. The molecule has 0 N–H and O–H groups in total. The molecule has 2 amide bonds. The third-order valence-corrected chi connectivity index (χ3v) is 5.18. The Morgan fingerprint density at radius 3 is 2.80 bits per heavy atom. The van der Waals surface area contributed by atoms with E-state index in [-0.39, 0.29) is 11.8 Å². The number of imide groups is 1. The Hall–Kier alpha value is -1.32. The maximum atomic E-state index is 12.6. The molecular formula is C16H23NO3. The van der Waals surface area contributed by atoms with Crippen LogP contribution in [0.3, 0.4) is 0 Å². The molecule has 0 bridgehead atoms. The van der Waals surface area contributed by atoms with Crippen molar-refractivity contribution >= 4 is 12.0 Å². The SMILES string of the molecule is C=C1CC[C@H]2CCC[C@@H]2C[C@H](C(=O)N2CCOC2=O)C1. The molecular weight excluding hydrogens is 254 g/mol. The zero-order valence-electron chi connectivity index (χ0n) is 12.0. The first-order valence-corrected chi connectivity index (χ1v) is 7.80. The summed E-state index contributed by atoms with van der Waals surface area (Å²) in [4.78, 5) is 25.5. The summed E-state index contributed by atoms with van der Waals surface area (Å²) in [6.07, 6.45) is 7.29. The van der Waals surface area contributed by atoms with Crippen LogP contribution in [-0.2, 0) is 9.53 Å². The van der Waals surface area contributed by atoms with Crippen LogP contribution in [-0.4, -0.2) is 30.1 Å². The van der Waals surface area contributed by atoms with Gasteiger partial charge in [0.05, 0.1) is 6.54 Å². The van der Waals surface area contributed by atoms with Crippen LogP contribution in [0.15, 0.2) is 12.2 Å². The van der Waals surface area contributed by atoms with Gasteiger partial charge in [0.25, 0.3) is 0 Å². The van der Waals surface area contributed by atoms with Gasteiger partial charge in [-0.2, -0.15) is 0 Å². The highest BCUT2D eigenvalue weighted by Crippen LogP contribution is 2.43. The number of hydrogen-bond acceptors (Lipinski definition) is 3. The average Bonchev–Trinajstić information content (AvgIpc) is 3.01. The maximum absolute atomic E-state index is 12.6. The summed E-state index contributed by atoms with van der Waals surface area (Å²) in [5.74, 6) is 1.31. The Labute approximate surface area is 120 Å². The fourth-order valence-corrected chi connectivity index (χ4v) is 4.09. The van der Waals surface area contributed by atoms with Gasteiger partial charge < -0.3 is 4.74 Å². The number of allylic oxidation sites excluding steroid dienone is 1. The Balaban J connectivity index is 1.73. The number of nitrogens with zero attached hydrogens (tertiary/aromatic N) is 1. The molecule has 110 valence electrons. The van der Waals surface area contributed by atoms with Crippen LogP contribution < -0.4 is 0 Å². The fraction of sp³-hybridized carbons (Fsp3) is 0.750. The van der Waals surface area contributed by atoms with Crippen molar-refractivity contribution in [1.29, 1.82) is 0 Å². The van der Waals surface area contributed by atoms with E-state index < -0.39 is 6.09 Å². The van der Waals surface area contributed by atoms with E-state index in [9.17, 15) is 9.59 Å². The van der Waals surface area contributed by atoms with Gasteiger partial charge >= 0.3 is 6.09 Å². The summed E-state index contributed by atoms with van der Waals surface area (Å²) in [6, 6.07) is 0. The van der Waals surface area contributed by atoms with Crippen LogP contribution in [0.4, 0.5) is 4.79 Å². The summed E-state index contributed by atoms with van der Waals surface area (Å²) in [7, 11) is 0. The van der Waals surface area contributed by atoms with Crippen molar-refractivity contribution in [3.63, 3.8) is 0 Å². The number of amides is 2. The minimum absolute atomic E-state index is 0.0406. The number of rotatable bonds is 1. The number of ether oxygens (including phenoxy) is 1. The van der Waals surface area contributed by atoms with E-state index in [1.54, 1.807) is 0 Å². The summed E-state index contributed by atoms with van der Waals surface area (Å²) in [5.41, 5.74) is 1.17. The molecule has 0 aromatic carbocycles. The Kier molecular flexibility index (Phi) is 3.81. The highest BCUT2D eigenvalue weighted by atomic mass is 16.6. The van der Waals surface area contributed by atoms with Crippen LogP contribution in [0.1, 0.15) is 44.9 Å². The molecule has 1 saturated heterocycles. The summed E-state index contributed by atoms with van der Waals surface area (Å²) in [6.45, 7) is 4.87. The monoisotopic (exact) mass is 277 g/mol. The van der Waals surface area contributed by atoms with Gasteiger partial charge in [-0.3, -0.25) is 4.79 Å². The fourth-order valence-electron chi connectivity index (χ4n) is 4.09. The number of fused-ring (bicyclic) bond motifs is 1. The van der Waals surface area contributed by atoms with Crippen molar-refractivity contribution in [3.05, 3.63) is 12.2 Å². The summed E-state index contributed by atoms with van der Waals surface area (Å²) < 4.78 is 4.89. The van der Waals surface area contributed by atoms with Gasteiger partial charge in [0.1, 0.15) is 6.61 Å². The first-order valence-electron chi connectivity index (χ1n) is 7.80. The maximum Gasteiger partial charge on any atom is 0.416 e. The predicted molar refractivity (Wildman–Crippen MR) is 75.0 cm³/mol. The molecule has 3 atom stereocenters. The lowest BCUT2D eigenvalue weighted by molar-refractivity contribution is -0.132. The van der Waals surface area contributed by atoms with Crippen LogP contribution in [0.5, 0.6) is 0 Å². The van der Waals surface area contributed by atoms with Gasteiger partial charge in [0, 0.05) is 5.92 Å². The highest BCUT2D eigenvalue weighted by Gasteiger charge is 2.38. The van der Waals surface area contributed by atoms with Crippen molar-refractivity contribution in [3.8, 4) is 0 Å². The van der Waals surface area contributed by atoms with Crippen LogP contribution >= 0.6 is 0 Å².